The first kappa shape index (κ1) is 12.9. The molecule has 0 amide bonds. The van der Waals surface area contributed by atoms with Crippen LogP contribution in [0.4, 0.5) is 5.69 Å². The third-order valence-corrected chi connectivity index (χ3v) is 3.66. The van der Waals surface area contributed by atoms with Crippen LogP contribution in [0.2, 0.25) is 0 Å². The summed E-state index contributed by atoms with van der Waals surface area (Å²) in [5.41, 5.74) is 4.71. The summed E-state index contributed by atoms with van der Waals surface area (Å²) in [5.74, 6) is 0. The van der Waals surface area contributed by atoms with Gasteiger partial charge in [0.15, 0.2) is 0 Å². The van der Waals surface area contributed by atoms with Crippen LogP contribution >= 0.6 is 0 Å². The highest BCUT2D eigenvalue weighted by molar-refractivity contribution is 5.30. The summed E-state index contributed by atoms with van der Waals surface area (Å²) in [6, 6.07) is 0.513. The molecule has 0 radical (unpaired) electrons. The number of rotatable bonds is 3. The molecule has 100 valence electrons. The lowest BCUT2D eigenvalue weighted by Gasteiger charge is -2.32. The molecule has 6 heteroatoms. The van der Waals surface area contributed by atoms with E-state index in [9.17, 15) is 9.59 Å². The van der Waals surface area contributed by atoms with Crippen molar-refractivity contribution in [3.63, 3.8) is 0 Å². The van der Waals surface area contributed by atoms with Crippen molar-refractivity contribution in [2.24, 2.45) is 0 Å². The predicted octanol–water partition coefficient (Wildman–Crippen LogP) is -0.00680. The van der Waals surface area contributed by atoms with Crippen LogP contribution in [0, 0.1) is 0 Å². The molecule has 2 heterocycles. The molecule has 1 fully saturated rings. The lowest BCUT2D eigenvalue weighted by atomic mass is 10.0. The Balaban J connectivity index is 2.04. The Morgan fingerprint density at radius 1 is 1.44 bits per heavy atom. The highest BCUT2D eigenvalue weighted by Gasteiger charge is 2.18. The number of hydrogen-bond acceptors (Lipinski definition) is 4. The van der Waals surface area contributed by atoms with Crippen molar-refractivity contribution in [1.82, 2.24) is 14.5 Å². The topological polar surface area (TPSA) is 84.1 Å². The Kier molecular flexibility index (Phi) is 3.86. The zero-order valence-electron chi connectivity index (χ0n) is 10.7. The number of nitrogens with two attached hydrogens (primary N) is 1. The lowest BCUT2D eigenvalue weighted by Crippen LogP contribution is -2.38. The number of hydrogen-bond donors (Lipinski definition) is 2. The number of likely N-dealkylation sites (tertiary alicyclic amines) is 1. The van der Waals surface area contributed by atoms with Crippen LogP contribution < -0.4 is 17.0 Å². The molecular weight excluding hydrogens is 232 g/mol. The molecule has 0 saturated carbocycles. The van der Waals surface area contributed by atoms with Crippen molar-refractivity contribution in [3.8, 4) is 0 Å². The minimum Gasteiger partial charge on any atom is -0.393 e. The van der Waals surface area contributed by atoms with Crippen LogP contribution in [0.5, 0.6) is 0 Å². The van der Waals surface area contributed by atoms with Gasteiger partial charge in [-0.3, -0.25) is 14.3 Å². The summed E-state index contributed by atoms with van der Waals surface area (Å²) >= 11 is 0. The van der Waals surface area contributed by atoms with Crippen molar-refractivity contribution in [2.45, 2.75) is 38.3 Å². The number of aromatic amines is 1. The second-order valence-electron chi connectivity index (χ2n) is 4.96. The van der Waals surface area contributed by atoms with E-state index in [4.69, 9.17) is 5.73 Å². The molecular formula is C12H20N4O2. The summed E-state index contributed by atoms with van der Waals surface area (Å²) in [5, 5.41) is 0. The van der Waals surface area contributed by atoms with Gasteiger partial charge in [0.05, 0.1) is 0 Å². The van der Waals surface area contributed by atoms with Gasteiger partial charge in [-0.2, -0.15) is 0 Å². The number of piperidine rings is 1. The zero-order valence-corrected chi connectivity index (χ0v) is 10.7. The second-order valence-corrected chi connectivity index (χ2v) is 4.96. The van der Waals surface area contributed by atoms with E-state index in [0.29, 0.717) is 12.6 Å². The molecule has 1 unspecified atom stereocenters. The Hall–Kier alpha value is -1.56. The molecule has 18 heavy (non-hydrogen) atoms. The normalized spacial score (nSPS) is 21.1. The monoisotopic (exact) mass is 252 g/mol. The number of H-pyrrole nitrogens is 1. The van der Waals surface area contributed by atoms with Gasteiger partial charge < -0.3 is 10.6 Å². The first-order chi connectivity index (χ1) is 8.58. The van der Waals surface area contributed by atoms with Gasteiger partial charge >= 0.3 is 5.69 Å². The lowest BCUT2D eigenvalue weighted by molar-refractivity contribution is 0.170. The molecule has 6 nitrogen and oxygen atoms in total. The minimum absolute atomic E-state index is 0.0894. The largest absolute Gasteiger partial charge is 0.393 e. The van der Waals surface area contributed by atoms with Crippen LogP contribution in [0.3, 0.4) is 0 Å². The first-order valence-electron chi connectivity index (χ1n) is 6.37. The van der Waals surface area contributed by atoms with Gasteiger partial charge in [0, 0.05) is 18.8 Å². The van der Waals surface area contributed by atoms with Gasteiger partial charge in [-0.1, -0.05) is 6.42 Å². The molecule has 0 spiro atoms. The van der Waals surface area contributed by atoms with Crippen molar-refractivity contribution < 1.29 is 0 Å². The quantitative estimate of drug-likeness (QED) is 0.792. The van der Waals surface area contributed by atoms with Crippen LogP contribution in [0.1, 0.15) is 25.7 Å². The Morgan fingerprint density at radius 3 is 2.94 bits per heavy atom. The molecule has 2 rings (SSSR count). The van der Waals surface area contributed by atoms with Crippen molar-refractivity contribution >= 4 is 5.69 Å². The number of aryl methyl sites for hydroxylation is 1. The highest BCUT2D eigenvalue weighted by atomic mass is 16.2. The smallest absolute Gasteiger partial charge is 0.328 e. The third kappa shape index (κ3) is 2.81. The minimum atomic E-state index is -0.508. The summed E-state index contributed by atoms with van der Waals surface area (Å²) in [6.45, 7) is 1.71. The summed E-state index contributed by atoms with van der Waals surface area (Å²) < 4.78 is 1.49. The molecule has 1 aromatic rings. The molecule has 0 bridgehead atoms. The Morgan fingerprint density at radius 2 is 2.22 bits per heavy atom. The van der Waals surface area contributed by atoms with Crippen LogP contribution in [0.15, 0.2) is 15.8 Å². The van der Waals surface area contributed by atoms with E-state index in [0.717, 1.165) is 13.0 Å². The molecule has 1 saturated heterocycles. The molecule has 3 N–H and O–H groups in total. The maximum Gasteiger partial charge on any atom is 0.328 e. The average molecular weight is 252 g/mol. The summed E-state index contributed by atoms with van der Waals surface area (Å²) in [4.78, 5) is 27.3. The van der Waals surface area contributed by atoms with Crippen LogP contribution in [-0.4, -0.2) is 34.1 Å². The number of nitrogens with one attached hydrogen (secondary N) is 1. The fourth-order valence-corrected chi connectivity index (χ4v) is 2.49. The maximum absolute atomic E-state index is 11.6. The van der Waals surface area contributed by atoms with Crippen LogP contribution in [0.25, 0.3) is 0 Å². The maximum atomic E-state index is 11.6. The average Bonchev–Trinajstić information content (AvgIpc) is 2.34. The van der Waals surface area contributed by atoms with E-state index in [1.165, 1.54) is 30.0 Å². The van der Waals surface area contributed by atoms with Gasteiger partial charge in [-0.05, 0) is 32.9 Å². The molecule has 1 aliphatic heterocycles. The summed E-state index contributed by atoms with van der Waals surface area (Å²) in [7, 11) is 2.12. The number of anilines is 1. The van der Waals surface area contributed by atoms with E-state index >= 15 is 0 Å². The zero-order chi connectivity index (χ0) is 13.1. The van der Waals surface area contributed by atoms with E-state index < -0.39 is 5.56 Å². The molecule has 1 aromatic heterocycles. The number of nitrogens with zero attached hydrogens (tertiary/aromatic N) is 2. The molecule has 0 aliphatic carbocycles. The second kappa shape index (κ2) is 5.39. The van der Waals surface area contributed by atoms with Crippen LogP contribution in [-0.2, 0) is 6.54 Å². The molecule has 1 atom stereocenters. The van der Waals surface area contributed by atoms with Gasteiger partial charge in [0.1, 0.15) is 5.69 Å². The van der Waals surface area contributed by atoms with Crippen molar-refractivity contribution in [2.75, 3.05) is 19.3 Å². The Bertz CT molecular complexity index is 520. The highest BCUT2D eigenvalue weighted by Crippen LogP contribution is 2.17. The number of aromatic nitrogens is 2. The van der Waals surface area contributed by atoms with Gasteiger partial charge in [0.25, 0.3) is 5.56 Å². The predicted molar refractivity (Wildman–Crippen MR) is 70.6 cm³/mol. The fourth-order valence-electron chi connectivity index (χ4n) is 2.49. The fraction of sp³-hybridized carbons (Fsp3) is 0.667. The van der Waals surface area contributed by atoms with Crippen molar-refractivity contribution in [3.05, 3.63) is 27.0 Å². The van der Waals surface area contributed by atoms with Gasteiger partial charge in [0.2, 0.25) is 0 Å². The van der Waals surface area contributed by atoms with E-state index in [1.54, 1.807) is 0 Å². The molecule has 0 aromatic carbocycles. The standard InChI is InChI=1S/C12H20N4O2/c1-15-6-3-2-4-9(15)5-7-16-8-10(13)11(17)14-12(16)18/h8-9H,2-7,13H2,1H3,(H,14,17,18). The first-order valence-corrected chi connectivity index (χ1v) is 6.37. The Labute approximate surface area is 105 Å². The number of nitrogen functional groups attached to an aromatic ring is 1. The van der Waals surface area contributed by atoms with E-state index in [1.807, 2.05) is 0 Å². The van der Waals surface area contributed by atoms with Crippen molar-refractivity contribution in [1.29, 1.82) is 0 Å². The molecule has 1 aliphatic rings. The van der Waals surface area contributed by atoms with E-state index in [-0.39, 0.29) is 11.4 Å². The van der Waals surface area contributed by atoms with E-state index in [2.05, 4.69) is 16.9 Å². The van der Waals surface area contributed by atoms with Gasteiger partial charge in [-0.15, -0.1) is 0 Å². The van der Waals surface area contributed by atoms with Gasteiger partial charge in [-0.25, -0.2) is 4.79 Å². The third-order valence-electron chi connectivity index (χ3n) is 3.66. The SMILES string of the molecule is CN1CCCCC1CCn1cc(N)c(=O)[nH]c1=O. The summed E-state index contributed by atoms with van der Waals surface area (Å²) in [6.07, 6.45) is 6.01.